The fraction of sp³-hybridized carbons (Fsp3) is 0.462. The molecule has 0 fully saturated rings. The molecule has 2 heterocycles. The van der Waals surface area contributed by atoms with Crippen molar-refractivity contribution in [2.75, 3.05) is 7.11 Å². The lowest BCUT2D eigenvalue weighted by Gasteiger charge is -2.11. The predicted octanol–water partition coefficient (Wildman–Crippen LogP) is 1.99. The summed E-state index contributed by atoms with van der Waals surface area (Å²) < 4.78 is 6.63. The number of methoxy groups -OCH3 is 1. The highest BCUT2D eigenvalue weighted by molar-refractivity contribution is 7.11. The van der Waals surface area contributed by atoms with Crippen LogP contribution in [0.2, 0.25) is 0 Å². The van der Waals surface area contributed by atoms with E-state index in [0.717, 1.165) is 15.6 Å². The first-order valence-corrected chi connectivity index (χ1v) is 7.06. The minimum absolute atomic E-state index is 0.0956. The SMILES string of the molecule is COc1cc(C(=O)NC(C)c2sc(C)nc2C)nn1C. The molecule has 0 aliphatic carbocycles. The van der Waals surface area contributed by atoms with Crippen molar-refractivity contribution >= 4 is 17.2 Å². The first-order chi connectivity index (χ1) is 9.42. The third-order valence-corrected chi connectivity index (χ3v) is 4.21. The highest BCUT2D eigenvalue weighted by atomic mass is 32.1. The molecule has 0 saturated carbocycles. The molecule has 20 heavy (non-hydrogen) atoms. The molecule has 0 aliphatic heterocycles. The van der Waals surface area contributed by atoms with Gasteiger partial charge in [0, 0.05) is 18.0 Å². The number of hydrogen-bond donors (Lipinski definition) is 1. The van der Waals surface area contributed by atoms with Gasteiger partial charge < -0.3 is 10.1 Å². The Morgan fingerprint density at radius 3 is 2.70 bits per heavy atom. The smallest absolute Gasteiger partial charge is 0.272 e. The summed E-state index contributed by atoms with van der Waals surface area (Å²) in [6.07, 6.45) is 0. The number of nitrogens with one attached hydrogen (secondary N) is 1. The molecular formula is C13H18N4O2S. The zero-order valence-electron chi connectivity index (χ0n) is 12.2. The second kappa shape index (κ2) is 5.62. The lowest BCUT2D eigenvalue weighted by Crippen LogP contribution is -2.27. The Morgan fingerprint density at radius 1 is 1.50 bits per heavy atom. The number of hydrogen-bond acceptors (Lipinski definition) is 5. The van der Waals surface area contributed by atoms with Crippen molar-refractivity contribution in [3.63, 3.8) is 0 Å². The summed E-state index contributed by atoms with van der Waals surface area (Å²) >= 11 is 1.60. The van der Waals surface area contributed by atoms with Crippen LogP contribution in [0.5, 0.6) is 5.88 Å². The second-order valence-electron chi connectivity index (χ2n) is 4.57. The number of ether oxygens (including phenoxy) is 1. The lowest BCUT2D eigenvalue weighted by atomic mass is 10.2. The maximum absolute atomic E-state index is 12.2. The number of rotatable bonds is 4. The maximum atomic E-state index is 12.2. The van der Waals surface area contributed by atoms with Gasteiger partial charge in [-0.1, -0.05) is 0 Å². The summed E-state index contributed by atoms with van der Waals surface area (Å²) in [5, 5.41) is 8.05. The van der Waals surface area contributed by atoms with Crippen molar-refractivity contribution < 1.29 is 9.53 Å². The third kappa shape index (κ3) is 2.82. The van der Waals surface area contributed by atoms with Crippen LogP contribution in [-0.2, 0) is 7.05 Å². The van der Waals surface area contributed by atoms with Crippen LogP contribution in [0.1, 0.15) is 39.0 Å². The summed E-state index contributed by atoms with van der Waals surface area (Å²) in [5.74, 6) is 0.328. The van der Waals surface area contributed by atoms with Crippen molar-refractivity contribution in [3.8, 4) is 5.88 Å². The van der Waals surface area contributed by atoms with E-state index in [1.165, 1.54) is 4.68 Å². The van der Waals surface area contributed by atoms with E-state index in [0.29, 0.717) is 11.6 Å². The molecule has 1 N–H and O–H groups in total. The van der Waals surface area contributed by atoms with E-state index >= 15 is 0 Å². The molecule has 0 bridgehead atoms. The molecule has 2 rings (SSSR count). The largest absolute Gasteiger partial charge is 0.481 e. The van der Waals surface area contributed by atoms with Crippen LogP contribution in [0.25, 0.3) is 0 Å². The van der Waals surface area contributed by atoms with Crippen molar-refractivity contribution in [1.82, 2.24) is 20.1 Å². The monoisotopic (exact) mass is 294 g/mol. The van der Waals surface area contributed by atoms with Gasteiger partial charge in [0.2, 0.25) is 5.88 Å². The van der Waals surface area contributed by atoms with Crippen molar-refractivity contribution in [3.05, 3.63) is 27.3 Å². The minimum Gasteiger partial charge on any atom is -0.481 e. The molecule has 6 nitrogen and oxygen atoms in total. The van der Waals surface area contributed by atoms with Gasteiger partial charge in [0.25, 0.3) is 5.91 Å². The number of carbonyl (C=O) groups excluding carboxylic acids is 1. The van der Waals surface area contributed by atoms with Gasteiger partial charge in [0.15, 0.2) is 5.69 Å². The summed E-state index contributed by atoms with van der Waals surface area (Å²) in [4.78, 5) is 17.6. The Hall–Kier alpha value is -1.89. The van der Waals surface area contributed by atoms with Crippen molar-refractivity contribution in [2.24, 2.45) is 7.05 Å². The van der Waals surface area contributed by atoms with E-state index in [4.69, 9.17) is 4.74 Å². The fourth-order valence-electron chi connectivity index (χ4n) is 2.04. The van der Waals surface area contributed by atoms with Crippen LogP contribution >= 0.6 is 11.3 Å². The van der Waals surface area contributed by atoms with Gasteiger partial charge in [0.1, 0.15) is 0 Å². The zero-order valence-corrected chi connectivity index (χ0v) is 13.0. The fourth-order valence-corrected chi connectivity index (χ4v) is 2.97. The van der Waals surface area contributed by atoms with E-state index in [2.05, 4.69) is 15.4 Å². The Bertz CT molecular complexity index is 632. The first-order valence-electron chi connectivity index (χ1n) is 6.25. The van der Waals surface area contributed by atoms with E-state index in [1.807, 2.05) is 20.8 Å². The molecule has 2 aromatic rings. The van der Waals surface area contributed by atoms with Crippen LogP contribution in [0.15, 0.2) is 6.07 Å². The number of nitrogens with zero attached hydrogens (tertiary/aromatic N) is 3. The van der Waals surface area contributed by atoms with Crippen molar-refractivity contribution in [2.45, 2.75) is 26.8 Å². The van der Waals surface area contributed by atoms with Crippen LogP contribution < -0.4 is 10.1 Å². The van der Waals surface area contributed by atoms with E-state index < -0.39 is 0 Å². The zero-order chi connectivity index (χ0) is 14.9. The van der Waals surface area contributed by atoms with Crippen LogP contribution in [0, 0.1) is 13.8 Å². The Morgan fingerprint density at radius 2 is 2.20 bits per heavy atom. The quantitative estimate of drug-likeness (QED) is 0.936. The summed E-state index contributed by atoms with van der Waals surface area (Å²) in [5.41, 5.74) is 1.30. The molecule has 0 aromatic carbocycles. The topological polar surface area (TPSA) is 69.0 Å². The average molecular weight is 294 g/mol. The molecule has 1 unspecified atom stereocenters. The van der Waals surface area contributed by atoms with Gasteiger partial charge in [-0.05, 0) is 20.8 Å². The van der Waals surface area contributed by atoms with Gasteiger partial charge in [0.05, 0.1) is 23.9 Å². The summed E-state index contributed by atoms with van der Waals surface area (Å²) in [7, 11) is 3.28. The standard InChI is InChI=1S/C13H18N4O2S/c1-7-12(20-9(3)14-7)8(2)15-13(18)10-6-11(19-5)17(4)16-10/h6,8H,1-5H3,(H,15,18). The number of aryl methyl sites for hydroxylation is 3. The molecule has 2 aromatic heterocycles. The Labute approximate surface area is 121 Å². The number of thiazole rings is 1. The summed E-state index contributed by atoms with van der Waals surface area (Å²) in [6, 6.07) is 1.52. The minimum atomic E-state index is -0.221. The molecule has 0 spiro atoms. The van der Waals surface area contributed by atoms with Gasteiger partial charge in [-0.3, -0.25) is 4.79 Å². The molecular weight excluding hydrogens is 276 g/mol. The maximum Gasteiger partial charge on any atom is 0.272 e. The Kier molecular flexibility index (Phi) is 4.08. The van der Waals surface area contributed by atoms with E-state index in [-0.39, 0.29) is 11.9 Å². The van der Waals surface area contributed by atoms with E-state index in [1.54, 1.807) is 31.6 Å². The highest BCUT2D eigenvalue weighted by Crippen LogP contribution is 2.24. The predicted molar refractivity (Wildman–Crippen MR) is 77.2 cm³/mol. The highest BCUT2D eigenvalue weighted by Gasteiger charge is 2.19. The molecule has 0 saturated heterocycles. The van der Waals surface area contributed by atoms with Gasteiger partial charge >= 0.3 is 0 Å². The molecule has 1 atom stereocenters. The first kappa shape index (κ1) is 14.5. The van der Waals surface area contributed by atoms with Crippen molar-refractivity contribution in [1.29, 1.82) is 0 Å². The lowest BCUT2D eigenvalue weighted by molar-refractivity contribution is 0.0934. The molecule has 1 amide bonds. The Balaban J connectivity index is 2.12. The second-order valence-corrected chi connectivity index (χ2v) is 5.81. The van der Waals surface area contributed by atoms with Gasteiger partial charge in [-0.2, -0.15) is 5.10 Å². The molecule has 108 valence electrons. The van der Waals surface area contributed by atoms with Gasteiger partial charge in [-0.25, -0.2) is 9.67 Å². The molecule has 0 radical (unpaired) electrons. The summed E-state index contributed by atoms with van der Waals surface area (Å²) in [6.45, 7) is 5.85. The van der Waals surface area contributed by atoms with Crippen LogP contribution in [-0.4, -0.2) is 27.8 Å². The molecule has 7 heteroatoms. The van der Waals surface area contributed by atoms with E-state index in [9.17, 15) is 4.79 Å². The molecule has 0 aliphatic rings. The number of amides is 1. The van der Waals surface area contributed by atoms with Gasteiger partial charge in [-0.15, -0.1) is 11.3 Å². The van der Waals surface area contributed by atoms with Crippen LogP contribution in [0.3, 0.4) is 0 Å². The third-order valence-electron chi connectivity index (χ3n) is 2.96. The number of carbonyl (C=O) groups is 1. The average Bonchev–Trinajstić information content (AvgIpc) is 2.91. The normalized spacial score (nSPS) is 12.2. The number of aromatic nitrogens is 3. The van der Waals surface area contributed by atoms with Crippen LogP contribution in [0.4, 0.5) is 0 Å².